The average molecular weight is 294 g/mol. The minimum atomic E-state index is -4.24. The zero-order chi connectivity index (χ0) is 14.8. The fourth-order valence-electron chi connectivity index (χ4n) is 1.83. The number of hydrogen-bond donors (Lipinski definition) is 3. The van der Waals surface area contributed by atoms with Crippen LogP contribution in [0.3, 0.4) is 0 Å². The molecule has 2 aromatic carbocycles. The van der Waals surface area contributed by atoms with E-state index in [2.05, 4.69) is 10.6 Å². The zero-order valence-electron chi connectivity index (χ0n) is 10.8. The van der Waals surface area contributed by atoms with Crippen LogP contribution in [-0.2, 0) is 14.9 Å². The molecular weight excluding hydrogens is 280 g/mol. The van der Waals surface area contributed by atoms with Crippen molar-refractivity contribution in [2.24, 2.45) is 0 Å². The van der Waals surface area contributed by atoms with Gasteiger partial charge in [0.2, 0.25) is 5.91 Å². The quantitative estimate of drug-likeness (QED) is 0.737. The summed E-state index contributed by atoms with van der Waals surface area (Å²) < 4.78 is 31.2. The molecule has 0 bridgehead atoms. The topological polar surface area (TPSA) is 95.5 Å². The molecule has 0 aliphatic heterocycles. The summed E-state index contributed by atoms with van der Waals surface area (Å²) in [7, 11) is -2.57. The Morgan fingerprint density at radius 3 is 2.50 bits per heavy atom. The van der Waals surface area contributed by atoms with Gasteiger partial charge in [-0.25, -0.2) is 0 Å². The van der Waals surface area contributed by atoms with Gasteiger partial charge in [0.25, 0.3) is 10.1 Å². The summed E-state index contributed by atoms with van der Waals surface area (Å²) in [6.07, 6.45) is 0. The van der Waals surface area contributed by atoms with Gasteiger partial charge in [0.15, 0.2) is 0 Å². The molecule has 0 atom stereocenters. The highest BCUT2D eigenvalue weighted by molar-refractivity contribution is 7.85. The molecule has 0 fully saturated rings. The van der Waals surface area contributed by atoms with E-state index in [0.717, 1.165) is 5.39 Å². The molecule has 3 N–H and O–H groups in total. The summed E-state index contributed by atoms with van der Waals surface area (Å²) in [4.78, 5) is 11.3. The smallest absolute Gasteiger partial charge is 0.294 e. The Balaban J connectivity index is 2.39. The largest absolute Gasteiger partial charge is 0.325 e. The fraction of sp³-hybridized carbons (Fsp3) is 0.154. The van der Waals surface area contributed by atoms with Crippen LogP contribution in [0, 0.1) is 0 Å². The second-order valence-electron chi connectivity index (χ2n) is 4.28. The van der Waals surface area contributed by atoms with Gasteiger partial charge in [-0.05, 0) is 42.1 Å². The molecule has 0 aromatic heterocycles. The number of rotatable bonds is 4. The maximum Gasteiger partial charge on any atom is 0.294 e. The second kappa shape index (κ2) is 5.58. The van der Waals surface area contributed by atoms with Crippen LogP contribution in [0.15, 0.2) is 41.3 Å². The van der Waals surface area contributed by atoms with Crippen molar-refractivity contribution in [3.63, 3.8) is 0 Å². The van der Waals surface area contributed by atoms with Gasteiger partial charge in [-0.15, -0.1) is 0 Å². The van der Waals surface area contributed by atoms with E-state index in [1.165, 1.54) is 12.1 Å². The number of benzene rings is 2. The van der Waals surface area contributed by atoms with Crippen molar-refractivity contribution in [1.29, 1.82) is 0 Å². The molecule has 0 saturated carbocycles. The number of likely N-dealkylation sites (N-methyl/N-ethyl adjacent to an activating group) is 1. The minimum absolute atomic E-state index is 0.177. The lowest BCUT2D eigenvalue weighted by molar-refractivity contribution is -0.115. The molecular formula is C13H14N2O4S. The zero-order valence-corrected chi connectivity index (χ0v) is 11.6. The van der Waals surface area contributed by atoms with Gasteiger partial charge in [0, 0.05) is 5.69 Å². The fourth-order valence-corrected chi connectivity index (χ4v) is 2.34. The van der Waals surface area contributed by atoms with E-state index in [1.54, 1.807) is 31.3 Å². The number of nitrogens with one attached hydrogen (secondary N) is 2. The van der Waals surface area contributed by atoms with Crippen LogP contribution in [0.5, 0.6) is 0 Å². The lowest BCUT2D eigenvalue weighted by Gasteiger charge is -2.07. The van der Waals surface area contributed by atoms with Crippen molar-refractivity contribution in [2.75, 3.05) is 18.9 Å². The van der Waals surface area contributed by atoms with Gasteiger partial charge in [0.1, 0.15) is 0 Å². The van der Waals surface area contributed by atoms with Crippen LogP contribution in [0.25, 0.3) is 10.8 Å². The molecule has 2 rings (SSSR count). The standard InChI is InChI=1S/C13H14N2O4S/c1-14-8-13(16)15-11-4-2-9-3-5-12(20(17,18)19)7-10(9)6-11/h2-7,14H,8H2,1H3,(H,15,16)(H,17,18,19). The van der Waals surface area contributed by atoms with Crippen molar-refractivity contribution in [2.45, 2.75) is 4.90 Å². The molecule has 0 spiro atoms. The van der Waals surface area contributed by atoms with E-state index < -0.39 is 10.1 Å². The maximum atomic E-state index is 11.5. The Morgan fingerprint density at radius 1 is 1.15 bits per heavy atom. The normalized spacial score (nSPS) is 11.5. The van der Waals surface area contributed by atoms with Crippen molar-refractivity contribution >= 4 is 32.5 Å². The summed E-state index contributed by atoms with van der Waals surface area (Å²) >= 11 is 0. The molecule has 0 saturated heterocycles. The lowest BCUT2D eigenvalue weighted by Crippen LogP contribution is -2.24. The molecule has 0 aliphatic rings. The first-order valence-electron chi connectivity index (χ1n) is 5.86. The van der Waals surface area contributed by atoms with E-state index in [9.17, 15) is 13.2 Å². The van der Waals surface area contributed by atoms with Crippen LogP contribution in [0.2, 0.25) is 0 Å². The van der Waals surface area contributed by atoms with Crippen LogP contribution >= 0.6 is 0 Å². The number of fused-ring (bicyclic) bond motifs is 1. The number of amides is 1. The minimum Gasteiger partial charge on any atom is -0.325 e. The first kappa shape index (κ1) is 14.4. The monoisotopic (exact) mass is 294 g/mol. The molecule has 20 heavy (non-hydrogen) atoms. The van der Waals surface area contributed by atoms with E-state index in [-0.39, 0.29) is 17.3 Å². The van der Waals surface area contributed by atoms with E-state index in [1.807, 2.05) is 0 Å². The van der Waals surface area contributed by atoms with E-state index >= 15 is 0 Å². The maximum absolute atomic E-state index is 11.5. The number of hydrogen-bond acceptors (Lipinski definition) is 4. The van der Waals surface area contributed by atoms with E-state index in [0.29, 0.717) is 11.1 Å². The third-order valence-electron chi connectivity index (χ3n) is 2.73. The summed E-state index contributed by atoms with van der Waals surface area (Å²) in [5, 5.41) is 6.83. The summed E-state index contributed by atoms with van der Waals surface area (Å²) in [5.41, 5.74) is 0.560. The van der Waals surface area contributed by atoms with Crippen molar-refractivity contribution < 1.29 is 17.8 Å². The molecule has 1 amide bonds. The molecule has 7 heteroatoms. The Labute approximate surface area is 116 Å². The Kier molecular flexibility index (Phi) is 4.03. The van der Waals surface area contributed by atoms with Gasteiger partial charge >= 0.3 is 0 Å². The highest BCUT2D eigenvalue weighted by Gasteiger charge is 2.10. The SMILES string of the molecule is CNCC(=O)Nc1ccc2ccc(S(=O)(=O)O)cc2c1. The number of anilines is 1. The van der Waals surface area contributed by atoms with E-state index in [4.69, 9.17) is 4.55 Å². The molecule has 0 unspecified atom stereocenters. The molecule has 6 nitrogen and oxygen atoms in total. The Morgan fingerprint density at radius 2 is 1.85 bits per heavy atom. The first-order valence-corrected chi connectivity index (χ1v) is 7.30. The van der Waals surface area contributed by atoms with Gasteiger partial charge in [-0.2, -0.15) is 8.42 Å². The lowest BCUT2D eigenvalue weighted by atomic mass is 10.1. The molecule has 0 aliphatic carbocycles. The van der Waals surface area contributed by atoms with Crippen molar-refractivity contribution in [3.8, 4) is 0 Å². The van der Waals surface area contributed by atoms with Gasteiger partial charge < -0.3 is 10.6 Å². The van der Waals surface area contributed by atoms with Crippen LogP contribution in [0.1, 0.15) is 0 Å². The molecule has 2 aromatic rings. The molecule has 0 radical (unpaired) electrons. The van der Waals surface area contributed by atoms with Crippen LogP contribution < -0.4 is 10.6 Å². The predicted octanol–water partition coefficient (Wildman–Crippen LogP) is 1.24. The third-order valence-corrected chi connectivity index (χ3v) is 3.58. The summed E-state index contributed by atoms with van der Waals surface area (Å²) in [6, 6.07) is 9.42. The predicted molar refractivity (Wildman–Crippen MR) is 76.3 cm³/mol. The summed E-state index contributed by atoms with van der Waals surface area (Å²) in [5.74, 6) is -0.196. The van der Waals surface area contributed by atoms with Crippen molar-refractivity contribution in [3.05, 3.63) is 36.4 Å². The Hall–Kier alpha value is -1.96. The van der Waals surface area contributed by atoms with Gasteiger partial charge in [-0.1, -0.05) is 12.1 Å². The number of carbonyl (C=O) groups is 1. The van der Waals surface area contributed by atoms with Crippen LogP contribution in [0.4, 0.5) is 5.69 Å². The van der Waals surface area contributed by atoms with Crippen LogP contribution in [-0.4, -0.2) is 32.5 Å². The average Bonchev–Trinajstić information content (AvgIpc) is 2.37. The highest BCUT2D eigenvalue weighted by atomic mass is 32.2. The number of carbonyl (C=O) groups excluding carboxylic acids is 1. The second-order valence-corrected chi connectivity index (χ2v) is 5.70. The third kappa shape index (κ3) is 3.32. The first-order chi connectivity index (χ1) is 9.40. The molecule has 106 valence electrons. The summed E-state index contributed by atoms with van der Waals surface area (Å²) in [6.45, 7) is 0.184. The molecule has 0 heterocycles. The van der Waals surface area contributed by atoms with Crippen molar-refractivity contribution in [1.82, 2.24) is 5.32 Å². The highest BCUT2D eigenvalue weighted by Crippen LogP contribution is 2.22. The van der Waals surface area contributed by atoms with Gasteiger partial charge in [0.05, 0.1) is 11.4 Å². The Bertz CT molecular complexity index is 756. The van der Waals surface area contributed by atoms with Gasteiger partial charge in [-0.3, -0.25) is 9.35 Å².